The maximum atomic E-state index is 13.5. The van der Waals surface area contributed by atoms with Crippen molar-refractivity contribution in [3.8, 4) is 0 Å². The van der Waals surface area contributed by atoms with Crippen LogP contribution in [-0.2, 0) is 23.9 Å². The number of ether oxygens (including phenoxy) is 1. The minimum Gasteiger partial charge on any atom is -0.491 e. The Bertz CT molecular complexity index is 1280. The van der Waals surface area contributed by atoms with E-state index in [1.807, 2.05) is 24.3 Å². The first-order valence-electron chi connectivity index (χ1n) is 9.68. The number of carbonyl (C=O) groups excluding carboxylic acids is 4. The highest BCUT2D eigenvalue weighted by Crippen LogP contribution is 2.59. The van der Waals surface area contributed by atoms with E-state index in [9.17, 15) is 19.2 Å². The van der Waals surface area contributed by atoms with Gasteiger partial charge in [0.05, 0.1) is 7.11 Å². The molecule has 2 unspecified atom stereocenters. The van der Waals surface area contributed by atoms with E-state index in [4.69, 9.17) is 4.74 Å². The van der Waals surface area contributed by atoms with Gasteiger partial charge in [-0.1, -0.05) is 24.3 Å². The Kier molecular flexibility index (Phi) is 4.20. The molecule has 0 spiro atoms. The highest BCUT2D eigenvalue weighted by molar-refractivity contribution is 9.12. The fourth-order valence-corrected chi connectivity index (χ4v) is 5.74. The van der Waals surface area contributed by atoms with Gasteiger partial charge in [0.1, 0.15) is 15.9 Å². The Morgan fingerprint density at radius 1 is 0.742 bits per heavy atom. The number of benzene rings is 1. The van der Waals surface area contributed by atoms with Crippen LogP contribution in [0.25, 0.3) is 0 Å². The standard InChI is InChI=1S/C23H17BrN2O5/c1-25-17-18(26-2)21(29)14-11-9-7-5-4-6-8(9)10(13(14)20(17)28)12-15(11)22(30)23(31-3)16(24)19(12)27/h4-7,10-11,25-26H,1-3H3. The first kappa shape index (κ1) is 19.7. The van der Waals surface area contributed by atoms with E-state index in [1.54, 1.807) is 14.1 Å². The van der Waals surface area contributed by atoms with Gasteiger partial charge in [-0.3, -0.25) is 19.2 Å². The number of ketones is 4. The second-order valence-electron chi connectivity index (χ2n) is 7.56. The Balaban J connectivity index is 1.84. The molecule has 7 nitrogen and oxygen atoms in total. The molecule has 0 amide bonds. The van der Waals surface area contributed by atoms with Crippen molar-refractivity contribution in [3.63, 3.8) is 0 Å². The van der Waals surface area contributed by atoms with E-state index < -0.39 is 23.4 Å². The van der Waals surface area contributed by atoms with Crippen LogP contribution in [0.5, 0.6) is 0 Å². The van der Waals surface area contributed by atoms with Crippen molar-refractivity contribution in [2.45, 2.75) is 11.8 Å². The van der Waals surface area contributed by atoms with Gasteiger partial charge in [0.25, 0.3) is 0 Å². The molecule has 5 aliphatic carbocycles. The molecule has 1 aromatic rings. The molecule has 0 fully saturated rings. The summed E-state index contributed by atoms with van der Waals surface area (Å²) in [5, 5.41) is 5.65. The van der Waals surface area contributed by atoms with Gasteiger partial charge in [0, 0.05) is 48.2 Å². The molecule has 0 aliphatic heterocycles. The van der Waals surface area contributed by atoms with Crippen molar-refractivity contribution in [2.24, 2.45) is 0 Å². The predicted octanol–water partition coefficient (Wildman–Crippen LogP) is 1.68. The molecule has 31 heavy (non-hydrogen) atoms. The highest BCUT2D eigenvalue weighted by Gasteiger charge is 2.56. The quantitative estimate of drug-likeness (QED) is 0.634. The van der Waals surface area contributed by atoms with Crippen LogP contribution in [0.4, 0.5) is 0 Å². The topological polar surface area (TPSA) is 102 Å². The van der Waals surface area contributed by atoms with E-state index >= 15 is 0 Å². The third-order valence-electron chi connectivity index (χ3n) is 6.34. The predicted molar refractivity (Wildman–Crippen MR) is 114 cm³/mol. The number of methoxy groups -OCH3 is 1. The zero-order valence-electron chi connectivity index (χ0n) is 16.9. The minimum atomic E-state index is -0.813. The number of allylic oxidation sites excluding steroid dienone is 5. The fourth-order valence-electron chi connectivity index (χ4n) is 5.18. The average molecular weight is 481 g/mol. The minimum absolute atomic E-state index is 0.0285. The summed E-state index contributed by atoms with van der Waals surface area (Å²) in [6.45, 7) is 0. The van der Waals surface area contributed by atoms with E-state index in [-0.39, 0.29) is 55.5 Å². The van der Waals surface area contributed by atoms with E-state index in [2.05, 4.69) is 26.6 Å². The van der Waals surface area contributed by atoms with Gasteiger partial charge >= 0.3 is 0 Å². The Morgan fingerprint density at radius 2 is 1.16 bits per heavy atom. The van der Waals surface area contributed by atoms with Gasteiger partial charge in [-0.25, -0.2) is 0 Å². The van der Waals surface area contributed by atoms with Gasteiger partial charge < -0.3 is 15.4 Å². The molecule has 0 saturated heterocycles. The molecule has 5 aliphatic rings. The van der Waals surface area contributed by atoms with Crippen molar-refractivity contribution in [1.82, 2.24) is 10.6 Å². The van der Waals surface area contributed by atoms with Crippen molar-refractivity contribution in [1.29, 1.82) is 0 Å². The Labute approximate surface area is 186 Å². The summed E-state index contributed by atoms with van der Waals surface area (Å²) in [7, 11) is 4.47. The molecule has 2 atom stereocenters. The van der Waals surface area contributed by atoms with Crippen LogP contribution in [0.2, 0.25) is 0 Å². The van der Waals surface area contributed by atoms with Gasteiger partial charge in [-0.2, -0.15) is 0 Å². The second kappa shape index (κ2) is 6.62. The lowest BCUT2D eigenvalue weighted by Crippen LogP contribution is -2.46. The van der Waals surface area contributed by atoms with Crippen LogP contribution < -0.4 is 10.6 Å². The first-order chi connectivity index (χ1) is 14.9. The number of likely N-dealkylation sites (N-methyl/N-ethyl adjacent to an activating group) is 2. The lowest BCUT2D eigenvalue weighted by molar-refractivity contribution is -0.120. The number of carbonyl (C=O) groups is 4. The summed E-state index contributed by atoms with van der Waals surface area (Å²) in [6, 6.07) is 7.33. The summed E-state index contributed by atoms with van der Waals surface area (Å²) in [5.41, 5.74) is 2.79. The summed E-state index contributed by atoms with van der Waals surface area (Å²) >= 11 is 3.21. The third-order valence-corrected chi connectivity index (χ3v) is 7.06. The Morgan fingerprint density at radius 3 is 1.58 bits per heavy atom. The molecule has 2 bridgehead atoms. The lowest BCUT2D eigenvalue weighted by Gasteiger charge is -2.45. The molecule has 0 heterocycles. The summed E-state index contributed by atoms with van der Waals surface area (Å²) in [5.74, 6) is -3.27. The molecule has 2 N–H and O–H groups in total. The van der Waals surface area contributed by atoms with Gasteiger partial charge in [-0.15, -0.1) is 0 Å². The summed E-state index contributed by atoms with van der Waals surface area (Å²) in [6.07, 6.45) is 0. The molecule has 1 aromatic carbocycles. The smallest absolute Gasteiger partial charge is 0.226 e. The maximum Gasteiger partial charge on any atom is 0.226 e. The highest BCUT2D eigenvalue weighted by atomic mass is 79.9. The normalized spacial score (nSPS) is 24.5. The zero-order valence-corrected chi connectivity index (χ0v) is 18.5. The number of nitrogens with one attached hydrogen (secondary N) is 2. The third kappa shape index (κ3) is 2.23. The van der Waals surface area contributed by atoms with Crippen molar-refractivity contribution in [3.05, 3.63) is 79.3 Å². The van der Waals surface area contributed by atoms with Crippen molar-refractivity contribution in [2.75, 3.05) is 21.2 Å². The van der Waals surface area contributed by atoms with Gasteiger partial charge in [-0.05, 0) is 27.1 Å². The number of hydrogen-bond donors (Lipinski definition) is 2. The Hall–Kier alpha value is -3.26. The summed E-state index contributed by atoms with van der Waals surface area (Å²) in [4.78, 5) is 53.8. The van der Waals surface area contributed by atoms with E-state index in [0.717, 1.165) is 11.1 Å². The number of hydrogen-bond acceptors (Lipinski definition) is 7. The van der Waals surface area contributed by atoms with Crippen LogP contribution in [-0.4, -0.2) is 44.3 Å². The van der Waals surface area contributed by atoms with Crippen LogP contribution in [0, 0.1) is 0 Å². The van der Waals surface area contributed by atoms with Crippen molar-refractivity contribution < 1.29 is 23.9 Å². The molecule has 0 radical (unpaired) electrons. The van der Waals surface area contributed by atoms with Crippen LogP contribution in [0.15, 0.2) is 68.2 Å². The molecule has 156 valence electrons. The van der Waals surface area contributed by atoms with E-state index in [0.29, 0.717) is 0 Å². The van der Waals surface area contributed by atoms with Gasteiger partial charge in [0.15, 0.2) is 5.76 Å². The molecule has 0 saturated carbocycles. The van der Waals surface area contributed by atoms with E-state index in [1.165, 1.54) is 7.11 Å². The monoisotopic (exact) mass is 480 g/mol. The van der Waals surface area contributed by atoms with Crippen LogP contribution in [0.3, 0.4) is 0 Å². The zero-order chi connectivity index (χ0) is 22.2. The number of halogens is 1. The number of Topliss-reactive ketones (excluding diaryl/α,β-unsaturated/α-hetero) is 4. The lowest BCUT2D eigenvalue weighted by atomic mass is 9.55. The molecule has 8 heteroatoms. The molecular weight excluding hydrogens is 464 g/mol. The fraction of sp³-hybridized carbons (Fsp3) is 0.217. The molecular formula is C23H17BrN2O5. The average Bonchev–Trinajstić information content (AvgIpc) is 2.79. The SMILES string of the molecule is CNC1=C(NC)C(=O)C2=C(C1=O)C1C3=C(C(=O)C(OC)=C(Br)C3=O)C2c2ccccc21. The molecule has 0 aromatic heterocycles. The second-order valence-corrected chi connectivity index (χ2v) is 8.36. The first-order valence-corrected chi connectivity index (χ1v) is 10.5. The van der Waals surface area contributed by atoms with Crippen LogP contribution in [0.1, 0.15) is 23.0 Å². The summed E-state index contributed by atoms with van der Waals surface area (Å²) < 4.78 is 5.25. The van der Waals surface area contributed by atoms with Crippen LogP contribution >= 0.6 is 15.9 Å². The number of rotatable bonds is 3. The van der Waals surface area contributed by atoms with Gasteiger partial charge in [0.2, 0.25) is 23.1 Å². The maximum absolute atomic E-state index is 13.5. The van der Waals surface area contributed by atoms with Crippen molar-refractivity contribution >= 4 is 39.1 Å². The molecule has 6 rings (SSSR count). The largest absolute Gasteiger partial charge is 0.491 e.